The van der Waals surface area contributed by atoms with Gasteiger partial charge in [-0.15, -0.1) is 0 Å². The summed E-state index contributed by atoms with van der Waals surface area (Å²) in [6.07, 6.45) is 6.08. The summed E-state index contributed by atoms with van der Waals surface area (Å²) in [5.74, 6) is 0. The highest BCUT2D eigenvalue weighted by molar-refractivity contribution is 7.86. The van der Waals surface area contributed by atoms with Crippen LogP contribution in [0.5, 0.6) is 0 Å². The summed E-state index contributed by atoms with van der Waals surface area (Å²) in [5, 5.41) is 3.05. The van der Waals surface area contributed by atoms with Crippen LogP contribution in [0.25, 0.3) is 0 Å². The van der Waals surface area contributed by atoms with E-state index in [0.717, 1.165) is 26.1 Å². The molecule has 1 heterocycles. The van der Waals surface area contributed by atoms with E-state index in [1.54, 1.807) is 11.4 Å². The number of nitrogens with one attached hydrogen (secondary N) is 1. The van der Waals surface area contributed by atoms with Gasteiger partial charge in [0.05, 0.1) is 0 Å². The number of nitrogens with zero attached hydrogens (tertiary/aromatic N) is 3. The number of piperazine rings is 1. The van der Waals surface area contributed by atoms with Gasteiger partial charge in [0.1, 0.15) is 0 Å². The van der Waals surface area contributed by atoms with Crippen molar-refractivity contribution in [3.63, 3.8) is 0 Å². The molecule has 7 heteroatoms. The van der Waals surface area contributed by atoms with Crippen molar-refractivity contribution in [2.75, 3.05) is 53.4 Å². The van der Waals surface area contributed by atoms with Crippen molar-refractivity contribution in [3.8, 4) is 0 Å². The van der Waals surface area contributed by atoms with E-state index in [4.69, 9.17) is 0 Å². The standard InChI is InChI=1S/C14H30N4O2S/c1-15-8-5-9-16(2)21(19,20)18-12-10-17(11-13-18)14-6-3-4-7-14/h14-15H,3-13H2,1-2H3. The van der Waals surface area contributed by atoms with E-state index in [1.807, 2.05) is 7.05 Å². The van der Waals surface area contributed by atoms with Crippen LogP contribution in [0.1, 0.15) is 32.1 Å². The van der Waals surface area contributed by atoms with E-state index < -0.39 is 10.2 Å². The molecule has 0 unspecified atom stereocenters. The first-order valence-corrected chi connectivity index (χ1v) is 9.55. The first-order chi connectivity index (χ1) is 10.1. The molecule has 2 rings (SSSR count). The van der Waals surface area contributed by atoms with Gasteiger partial charge >= 0.3 is 0 Å². The maximum atomic E-state index is 12.5. The Bertz CT molecular complexity index is 401. The molecule has 1 aliphatic carbocycles. The Labute approximate surface area is 129 Å². The lowest BCUT2D eigenvalue weighted by Crippen LogP contribution is -2.54. The van der Waals surface area contributed by atoms with Crippen LogP contribution < -0.4 is 5.32 Å². The van der Waals surface area contributed by atoms with Crippen molar-refractivity contribution < 1.29 is 8.42 Å². The molecular formula is C14H30N4O2S. The summed E-state index contributed by atoms with van der Waals surface area (Å²) >= 11 is 0. The minimum Gasteiger partial charge on any atom is -0.320 e. The average Bonchev–Trinajstić information content (AvgIpc) is 3.01. The van der Waals surface area contributed by atoms with Crippen LogP contribution in [-0.4, -0.2) is 81.3 Å². The van der Waals surface area contributed by atoms with Gasteiger partial charge in [0.25, 0.3) is 10.2 Å². The first-order valence-electron chi connectivity index (χ1n) is 8.16. The molecule has 1 saturated carbocycles. The van der Waals surface area contributed by atoms with Gasteiger partial charge in [-0.1, -0.05) is 12.8 Å². The predicted octanol–water partition coefficient (Wildman–Crippen LogP) is 0.333. The fourth-order valence-corrected chi connectivity index (χ4v) is 4.74. The topological polar surface area (TPSA) is 55.9 Å². The molecule has 21 heavy (non-hydrogen) atoms. The molecule has 1 aliphatic heterocycles. The first kappa shape index (κ1) is 17.1. The zero-order valence-corrected chi connectivity index (χ0v) is 14.2. The van der Waals surface area contributed by atoms with Gasteiger partial charge in [-0.2, -0.15) is 17.0 Å². The highest BCUT2D eigenvalue weighted by Crippen LogP contribution is 2.25. The molecule has 0 atom stereocenters. The second-order valence-corrected chi connectivity index (χ2v) is 8.20. The van der Waals surface area contributed by atoms with Gasteiger partial charge in [-0.05, 0) is 32.9 Å². The van der Waals surface area contributed by atoms with E-state index in [1.165, 1.54) is 30.0 Å². The fraction of sp³-hybridized carbons (Fsp3) is 1.00. The van der Waals surface area contributed by atoms with Gasteiger partial charge in [0, 0.05) is 45.8 Å². The van der Waals surface area contributed by atoms with Crippen LogP contribution in [0, 0.1) is 0 Å². The number of hydrogen-bond donors (Lipinski definition) is 1. The normalized spacial score (nSPS) is 23.2. The maximum Gasteiger partial charge on any atom is 0.281 e. The van der Waals surface area contributed by atoms with Crippen LogP contribution in [-0.2, 0) is 10.2 Å². The predicted molar refractivity (Wildman–Crippen MR) is 85.5 cm³/mol. The Hall–Kier alpha value is -0.210. The molecule has 0 aromatic rings. The molecule has 124 valence electrons. The lowest BCUT2D eigenvalue weighted by molar-refractivity contribution is 0.135. The zero-order chi connectivity index (χ0) is 15.3. The van der Waals surface area contributed by atoms with Crippen LogP contribution in [0.4, 0.5) is 0 Å². The summed E-state index contributed by atoms with van der Waals surface area (Å²) in [6, 6.07) is 0.697. The molecule has 6 nitrogen and oxygen atoms in total. The number of rotatable bonds is 7. The molecule has 0 spiro atoms. The summed E-state index contributed by atoms with van der Waals surface area (Å²) in [7, 11) is 0.297. The smallest absolute Gasteiger partial charge is 0.281 e. The molecule has 0 amide bonds. The van der Waals surface area contributed by atoms with Crippen LogP contribution in [0.3, 0.4) is 0 Å². The monoisotopic (exact) mass is 318 g/mol. The molecule has 0 aromatic carbocycles. The van der Waals surface area contributed by atoms with Gasteiger partial charge in [0.15, 0.2) is 0 Å². The molecular weight excluding hydrogens is 288 g/mol. The quantitative estimate of drug-likeness (QED) is 0.688. The summed E-state index contributed by atoms with van der Waals surface area (Å²) in [6.45, 7) is 4.45. The van der Waals surface area contributed by atoms with E-state index in [9.17, 15) is 8.42 Å². The Morgan fingerprint density at radius 1 is 1.14 bits per heavy atom. The Kier molecular flexibility index (Phi) is 6.43. The van der Waals surface area contributed by atoms with Crippen molar-refractivity contribution in [2.24, 2.45) is 0 Å². The minimum atomic E-state index is -3.28. The van der Waals surface area contributed by atoms with Crippen molar-refractivity contribution in [1.29, 1.82) is 0 Å². The van der Waals surface area contributed by atoms with Gasteiger partial charge in [-0.25, -0.2) is 0 Å². The summed E-state index contributed by atoms with van der Waals surface area (Å²) in [4.78, 5) is 2.49. The second kappa shape index (κ2) is 7.87. The van der Waals surface area contributed by atoms with Crippen molar-refractivity contribution >= 4 is 10.2 Å². The third-order valence-corrected chi connectivity index (χ3v) is 6.72. The lowest BCUT2D eigenvalue weighted by atomic mass is 10.2. The van der Waals surface area contributed by atoms with E-state index in [2.05, 4.69) is 10.2 Å². The zero-order valence-electron chi connectivity index (χ0n) is 13.4. The van der Waals surface area contributed by atoms with Crippen LogP contribution >= 0.6 is 0 Å². The minimum absolute atomic E-state index is 0.575. The van der Waals surface area contributed by atoms with Crippen molar-refractivity contribution in [2.45, 2.75) is 38.1 Å². The van der Waals surface area contributed by atoms with E-state index in [0.29, 0.717) is 25.7 Å². The van der Waals surface area contributed by atoms with E-state index >= 15 is 0 Å². The molecule has 0 bridgehead atoms. The molecule has 2 aliphatic rings. The molecule has 1 N–H and O–H groups in total. The largest absolute Gasteiger partial charge is 0.320 e. The average molecular weight is 318 g/mol. The van der Waals surface area contributed by atoms with E-state index in [-0.39, 0.29) is 0 Å². The Morgan fingerprint density at radius 2 is 1.76 bits per heavy atom. The van der Waals surface area contributed by atoms with Crippen LogP contribution in [0.15, 0.2) is 0 Å². The van der Waals surface area contributed by atoms with Gasteiger partial charge in [-0.3, -0.25) is 4.90 Å². The lowest BCUT2D eigenvalue weighted by Gasteiger charge is -2.38. The third kappa shape index (κ3) is 4.39. The summed E-state index contributed by atoms with van der Waals surface area (Å²) < 4.78 is 28.2. The number of hydrogen-bond acceptors (Lipinski definition) is 4. The van der Waals surface area contributed by atoms with Gasteiger partial charge in [0.2, 0.25) is 0 Å². The third-order valence-electron chi connectivity index (χ3n) is 4.73. The Balaban J connectivity index is 1.82. The molecule has 0 radical (unpaired) electrons. The molecule has 1 saturated heterocycles. The van der Waals surface area contributed by atoms with Gasteiger partial charge < -0.3 is 5.32 Å². The second-order valence-electron chi connectivity index (χ2n) is 6.16. The SMILES string of the molecule is CNCCCN(C)S(=O)(=O)N1CCN(C2CCCC2)CC1. The molecule has 2 fully saturated rings. The molecule has 0 aromatic heterocycles. The fourth-order valence-electron chi connectivity index (χ4n) is 3.36. The van der Waals surface area contributed by atoms with Crippen molar-refractivity contribution in [1.82, 2.24) is 18.8 Å². The maximum absolute atomic E-state index is 12.5. The summed E-state index contributed by atoms with van der Waals surface area (Å²) in [5.41, 5.74) is 0. The van der Waals surface area contributed by atoms with Crippen LogP contribution in [0.2, 0.25) is 0 Å². The highest BCUT2D eigenvalue weighted by atomic mass is 32.2. The highest BCUT2D eigenvalue weighted by Gasteiger charge is 2.32. The van der Waals surface area contributed by atoms with Crippen molar-refractivity contribution in [3.05, 3.63) is 0 Å². The Morgan fingerprint density at radius 3 is 2.33 bits per heavy atom.